The van der Waals surface area contributed by atoms with Crippen LogP contribution >= 0.6 is 11.8 Å². The second-order valence-corrected chi connectivity index (χ2v) is 5.08. The van der Waals surface area contributed by atoms with Gasteiger partial charge in [-0.2, -0.15) is 0 Å². The molecule has 0 N–H and O–H groups in total. The van der Waals surface area contributed by atoms with Gasteiger partial charge in [0.25, 0.3) is 0 Å². The summed E-state index contributed by atoms with van der Waals surface area (Å²) >= 11 is 1.89. The normalized spacial score (nSPS) is 10.3. The first-order valence-corrected chi connectivity index (χ1v) is 6.62. The first-order chi connectivity index (χ1) is 7.88. The van der Waals surface area contributed by atoms with Crippen molar-refractivity contribution >= 4 is 11.8 Å². The Morgan fingerprint density at radius 2 is 1.44 bits per heavy atom. The molecular weight excluding hydrogens is 212 g/mol. The number of rotatable bonds is 4. The van der Waals surface area contributed by atoms with Crippen LogP contribution in [0.2, 0.25) is 0 Å². The molecule has 0 aliphatic carbocycles. The number of hydrogen-bond acceptors (Lipinski definition) is 1. The zero-order valence-electron chi connectivity index (χ0n) is 9.52. The minimum absolute atomic E-state index is 1.03. The third kappa shape index (κ3) is 3.14. The highest BCUT2D eigenvalue weighted by Crippen LogP contribution is 2.19. The molecule has 82 valence electrons. The van der Waals surface area contributed by atoms with Gasteiger partial charge in [-0.15, -0.1) is 11.8 Å². The first-order valence-electron chi connectivity index (χ1n) is 5.64. The Morgan fingerprint density at radius 3 is 2.06 bits per heavy atom. The van der Waals surface area contributed by atoms with Crippen molar-refractivity contribution in [3.05, 3.63) is 65.7 Å². The molecular formula is C15H16S. The Labute approximate surface area is 102 Å². The van der Waals surface area contributed by atoms with E-state index in [4.69, 9.17) is 0 Å². The van der Waals surface area contributed by atoms with Crippen LogP contribution in [0.15, 0.2) is 59.5 Å². The molecule has 2 aromatic rings. The van der Waals surface area contributed by atoms with E-state index in [1.54, 1.807) is 0 Å². The van der Waals surface area contributed by atoms with Crippen LogP contribution in [0.1, 0.15) is 18.1 Å². The zero-order chi connectivity index (χ0) is 11.2. The van der Waals surface area contributed by atoms with Crippen molar-refractivity contribution in [3.8, 4) is 0 Å². The van der Waals surface area contributed by atoms with Gasteiger partial charge < -0.3 is 0 Å². The van der Waals surface area contributed by atoms with Gasteiger partial charge in [0.2, 0.25) is 0 Å². The predicted octanol–water partition coefficient (Wildman–Crippen LogP) is 4.39. The first kappa shape index (κ1) is 11.3. The standard InChI is InChI=1S/C15H16S/c1-2-16-15-10-8-14(9-11-15)12-13-6-4-3-5-7-13/h3-11H,2,12H2,1H3. The maximum absolute atomic E-state index is 2.23. The van der Waals surface area contributed by atoms with Gasteiger partial charge in [-0.3, -0.25) is 0 Å². The molecule has 0 saturated heterocycles. The molecule has 0 saturated carbocycles. The molecule has 2 aromatic carbocycles. The smallest absolute Gasteiger partial charge is 0.00720 e. The van der Waals surface area contributed by atoms with Gasteiger partial charge in [-0.05, 0) is 35.4 Å². The summed E-state index contributed by atoms with van der Waals surface area (Å²) in [6, 6.07) is 19.5. The summed E-state index contributed by atoms with van der Waals surface area (Å²) < 4.78 is 0. The molecule has 1 heteroatoms. The molecule has 0 nitrogen and oxygen atoms in total. The van der Waals surface area contributed by atoms with Crippen LogP contribution in [0.5, 0.6) is 0 Å². The van der Waals surface area contributed by atoms with Gasteiger partial charge in [0.15, 0.2) is 0 Å². The van der Waals surface area contributed by atoms with Crippen LogP contribution in [-0.2, 0) is 6.42 Å². The van der Waals surface area contributed by atoms with Crippen molar-refractivity contribution in [2.75, 3.05) is 5.75 Å². The van der Waals surface area contributed by atoms with Crippen LogP contribution in [0.3, 0.4) is 0 Å². The molecule has 0 unspecified atom stereocenters. The second-order valence-electron chi connectivity index (χ2n) is 3.74. The monoisotopic (exact) mass is 228 g/mol. The van der Waals surface area contributed by atoms with Crippen LogP contribution in [0.25, 0.3) is 0 Å². The lowest BCUT2D eigenvalue weighted by Gasteiger charge is -2.03. The molecule has 0 fully saturated rings. The van der Waals surface area contributed by atoms with E-state index in [-0.39, 0.29) is 0 Å². The van der Waals surface area contributed by atoms with E-state index in [0.29, 0.717) is 0 Å². The van der Waals surface area contributed by atoms with Crippen molar-refractivity contribution in [1.29, 1.82) is 0 Å². The highest BCUT2D eigenvalue weighted by atomic mass is 32.2. The third-order valence-corrected chi connectivity index (χ3v) is 3.38. The minimum atomic E-state index is 1.03. The fourth-order valence-electron chi connectivity index (χ4n) is 1.70. The van der Waals surface area contributed by atoms with Crippen molar-refractivity contribution in [2.24, 2.45) is 0 Å². The molecule has 0 aliphatic heterocycles. The van der Waals surface area contributed by atoms with Gasteiger partial charge in [0.1, 0.15) is 0 Å². The van der Waals surface area contributed by atoms with Crippen molar-refractivity contribution < 1.29 is 0 Å². The van der Waals surface area contributed by atoms with Crippen LogP contribution in [0, 0.1) is 0 Å². The van der Waals surface area contributed by atoms with Crippen molar-refractivity contribution in [2.45, 2.75) is 18.2 Å². The maximum atomic E-state index is 2.23. The Bertz CT molecular complexity index is 417. The van der Waals surface area contributed by atoms with Crippen LogP contribution in [0.4, 0.5) is 0 Å². The van der Waals surface area contributed by atoms with Crippen molar-refractivity contribution in [3.63, 3.8) is 0 Å². The highest BCUT2D eigenvalue weighted by Gasteiger charge is 1.96. The summed E-state index contributed by atoms with van der Waals surface area (Å²) in [4.78, 5) is 1.36. The van der Waals surface area contributed by atoms with E-state index in [2.05, 4.69) is 61.5 Å². The van der Waals surface area contributed by atoms with Gasteiger partial charge in [-0.1, -0.05) is 49.4 Å². The topological polar surface area (TPSA) is 0 Å². The van der Waals surface area contributed by atoms with Crippen LogP contribution in [-0.4, -0.2) is 5.75 Å². The summed E-state index contributed by atoms with van der Waals surface area (Å²) in [7, 11) is 0. The van der Waals surface area contributed by atoms with Gasteiger partial charge in [0, 0.05) is 4.90 Å². The van der Waals surface area contributed by atoms with E-state index < -0.39 is 0 Å². The lowest BCUT2D eigenvalue weighted by molar-refractivity contribution is 1.18. The molecule has 0 radical (unpaired) electrons. The lowest BCUT2D eigenvalue weighted by atomic mass is 10.1. The Balaban J connectivity index is 2.05. The van der Waals surface area contributed by atoms with Crippen LogP contribution < -0.4 is 0 Å². The van der Waals surface area contributed by atoms with Gasteiger partial charge >= 0.3 is 0 Å². The molecule has 16 heavy (non-hydrogen) atoms. The summed E-state index contributed by atoms with van der Waals surface area (Å²) in [5.41, 5.74) is 2.75. The zero-order valence-corrected chi connectivity index (χ0v) is 10.3. The lowest BCUT2D eigenvalue weighted by Crippen LogP contribution is -1.87. The summed E-state index contributed by atoms with van der Waals surface area (Å²) in [5, 5.41) is 0. The van der Waals surface area contributed by atoms with E-state index in [9.17, 15) is 0 Å². The predicted molar refractivity (Wildman–Crippen MR) is 72.1 cm³/mol. The molecule has 0 aromatic heterocycles. The van der Waals surface area contributed by atoms with E-state index in [0.717, 1.165) is 12.2 Å². The number of benzene rings is 2. The average molecular weight is 228 g/mol. The van der Waals surface area contributed by atoms with E-state index >= 15 is 0 Å². The Hall–Kier alpha value is -1.21. The molecule has 0 atom stereocenters. The Kier molecular flexibility index (Phi) is 4.06. The summed E-state index contributed by atoms with van der Waals surface area (Å²) in [6.45, 7) is 2.18. The van der Waals surface area contributed by atoms with E-state index in [1.807, 2.05) is 11.8 Å². The fourth-order valence-corrected chi connectivity index (χ4v) is 2.36. The van der Waals surface area contributed by atoms with Gasteiger partial charge in [-0.25, -0.2) is 0 Å². The molecule has 0 spiro atoms. The fraction of sp³-hybridized carbons (Fsp3) is 0.200. The summed E-state index contributed by atoms with van der Waals surface area (Å²) in [5.74, 6) is 1.14. The molecule has 0 bridgehead atoms. The largest absolute Gasteiger partial charge is 0.126 e. The highest BCUT2D eigenvalue weighted by molar-refractivity contribution is 7.99. The molecule has 0 aliphatic rings. The Morgan fingerprint density at radius 1 is 0.812 bits per heavy atom. The SMILES string of the molecule is CCSc1ccc(Cc2ccccc2)cc1. The number of hydrogen-bond donors (Lipinski definition) is 0. The molecule has 2 rings (SSSR count). The molecule has 0 heterocycles. The second kappa shape index (κ2) is 5.76. The quantitative estimate of drug-likeness (QED) is 0.699. The van der Waals surface area contributed by atoms with E-state index in [1.165, 1.54) is 16.0 Å². The average Bonchev–Trinajstić information content (AvgIpc) is 2.33. The maximum Gasteiger partial charge on any atom is 0.00720 e. The minimum Gasteiger partial charge on any atom is -0.126 e. The third-order valence-electron chi connectivity index (χ3n) is 2.49. The van der Waals surface area contributed by atoms with Crippen molar-refractivity contribution in [1.82, 2.24) is 0 Å². The van der Waals surface area contributed by atoms with Gasteiger partial charge in [0.05, 0.1) is 0 Å². The molecule has 0 amide bonds. The summed E-state index contributed by atoms with van der Waals surface area (Å²) in [6.07, 6.45) is 1.03. The number of thioether (sulfide) groups is 1.